The van der Waals surface area contributed by atoms with Crippen LogP contribution in [0.1, 0.15) is 33.3 Å². The van der Waals surface area contributed by atoms with Gasteiger partial charge in [-0.15, -0.1) is 0 Å². The summed E-state index contributed by atoms with van der Waals surface area (Å²) in [4.78, 5) is 12.6. The second-order valence-corrected chi connectivity index (χ2v) is 11.7. The van der Waals surface area contributed by atoms with Crippen LogP contribution in [0.15, 0.2) is 138 Å². The van der Waals surface area contributed by atoms with Crippen molar-refractivity contribution < 1.29 is 0 Å². The van der Waals surface area contributed by atoms with Crippen LogP contribution < -0.4 is 14.7 Å². The van der Waals surface area contributed by atoms with Crippen molar-refractivity contribution >= 4 is 45.8 Å². The summed E-state index contributed by atoms with van der Waals surface area (Å²) in [5.74, 6) is 1.55. The molecule has 5 aromatic rings. The highest BCUT2D eigenvalue weighted by molar-refractivity contribution is 6.22. The van der Waals surface area contributed by atoms with Crippen molar-refractivity contribution in [3.63, 3.8) is 0 Å². The molecule has 0 aliphatic carbocycles. The molecule has 0 N–H and O–H groups in total. The molecule has 42 heavy (non-hydrogen) atoms. The molecule has 0 amide bonds. The van der Waals surface area contributed by atoms with Gasteiger partial charge in [0.2, 0.25) is 5.96 Å². The van der Waals surface area contributed by atoms with Crippen LogP contribution in [0.4, 0.5) is 39.8 Å². The van der Waals surface area contributed by atoms with Gasteiger partial charge >= 0.3 is 0 Å². The fraction of sp³-hybridized carbons (Fsp3) is 0.184. The molecule has 2 aliphatic heterocycles. The minimum absolute atomic E-state index is 0.294. The Bertz CT molecular complexity index is 1700. The van der Waals surface area contributed by atoms with Gasteiger partial charge in [0, 0.05) is 28.3 Å². The van der Waals surface area contributed by atoms with E-state index < -0.39 is 0 Å². The highest BCUT2D eigenvalue weighted by Gasteiger charge is 2.54. The first-order chi connectivity index (χ1) is 20.5. The van der Waals surface area contributed by atoms with Gasteiger partial charge in [0.25, 0.3) is 0 Å². The number of fused-ring (bicyclic) bond motifs is 4. The predicted molar refractivity (Wildman–Crippen MR) is 177 cm³/mol. The van der Waals surface area contributed by atoms with Gasteiger partial charge in [-0.05, 0) is 78.6 Å². The Hall–Kier alpha value is -4.83. The quantitative estimate of drug-likeness (QED) is 0.211. The van der Waals surface area contributed by atoms with Gasteiger partial charge < -0.3 is 4.90 Å². The number of hydrogen-bond donors (Lipinski definition) is 0. The minimum Gasteiger partial charge on any atom is -0.310 e. The largest absolute Gasteiger partial charge is 0.310 e. The van der Waals surface area contributed by atoms with Gasteiger partial charge in [0.1, 0.15) is 0 Å². The average molecular weight is 549 g/mol. The third-order valence-corrected chi connectivity index (χ3v) is 8.83. The van der Waals surface area contributed by atoms with E-state index in [0.717, 1.165) is 40.1 Å². The highest BCUT2D eigenvalue weighted by atomic mass is 15.5. The normalized spacial score (nSPS) is 14.9. The molecule has 0 saturated heterocycles. The summed E-state index contributed by atoms with van der Waals surface area (Å²) in [6.07, 6.45) is 0. The zero-order valence-electron chi connectivity index (χ0n) is 24.6. The summed E-state index contributed by atoms with van der Waals surface area (Å²) < 4.78 is 0. The number of rotatable bonds is 6. The molecular formula is C38H36N4. The Balaban J connectivity index is 1.50. The van der Waals surface area contributed by atoms with E-state index in [-0.39, 0.29) is 5.54 Å². The van der Waals surface area contributed by atoms with Crippen LogP contribution in [0.3, 0.4) is 0 Å². The van der Waals surface area contributed by atoms with Gasteiger partial charge in [-0.3, -0.25) is 9.80 Å². The lowest BCUT2D eigenvalue weighted by Gasteiger charge is -2.52. The summed E-state index contributed by atoms with van der Waals surface area (Å²) >= 11 is 0. The first-order valence-electron chi connectivity index (χ1n) is 14.9. The highest BCUT2D eigenvalue weighted by Crippen LogP contribution is 2.57. The van der Waals surface area contributed by atoms with Crippen molar-refractivity contribution in [1.82, 2.24) is 0 Å². The maximum absolute atomic E-state index is 5.44. The number of hydrogen-bond acceptors (Lipinski definition) is 4. The van der Waals surface area contributed by atoms with Crippen molar-refractivity contribution in [2.75, 3.05) is 14.7 Å². The van der Waals surface area contributed by atoms with Crippen molar-refractivity contribution in [2.24, 2.45) is 16.8 Å². The second-order valence-electron chi connectivity index (χ2n) is 11.7. The summed E-state index contributed by atoms with van der Waals surface area (Å²) in [5, 5.41) is 0. The van der Waals surface area contributed by atoms with Crippen LogP contribution in [-0.4, -0.2) is 5.96 Å². The summed E-state index contributed by atoms with van der Waals surface area (Å²) in [5.41, 5.74) is 8.82. The molecular weight excluding hydrogens is 512 g/mol. The van der Waals surface area contributed by atoms with E-state index in [2.05, 4.69) is 176 Å². The predicted octanol–water partition coefficient (Wildman–Crippen LogP) is 10.3. The smallest absolute Gasteiger partial charge is 0.216 e. The number of nitrogens with zero attached hydrogens (tertiary/aromatic N) is 4. The van der Waals surface area contributed by atoms with E-state index in [1.165, 1.54) is 11.3 Å². The van der Waals surface area contributed by atoms with Crippen molar-refractivity contribution in [3.05, 3.63) is 139 Å². The lowest BCUT2D eigenvalue weighted by atomic mass is 9.69. The molecule has 2 heterocycles. The monoisotopic (exact) mass is 548 g/mol. The molecule has 0 aromatic heterocycles. The Labute approximate surface area is 249 Å². The molecule has 0 unspecified atom stereocenters. The average Bonchev–Trinajstić information content (AvgIpc) is 3.35. The summed E-state index contributed by atoms with van der Waals surface area (Å²) in [6, 6.07) is 47.5. The van der Waals surface area contributed by atoms with Crippen molar-refractivity contribution in [1.29, 1.82) is 0 Å². The summed E-state index contributed by atoms with van der Waals surface area (Å²) in [6.45, 7) is 9.44. The zero-order valence-corrected chi connectivity index (χ0v) is 24.6. The van der Waals surface area contributed by atoms with Gasteiger partial charge in [-0.2, -0.15) is 0 Å². The molecule has 0 atom stereocenters. The number of para-hydroxylation sites is 5. The van der Waals surface area contributed by atoms with Crippen LogP contribution in [-0.2, 0) is 5.54 Å². The van der Waals surface area contributed by atoms with Crippen molar-refractivity contribution in [3.8, 4) is 0 Å². The van der Waals surface area contributed by atoms with Crippen LogP contribution in [0.2, 0.25) is 0 Å². The maximum atomic E-state index is 5.44. The SMILES string of the molecule is CC(C)C1(C(C)C)c2cc(N(c3ccccc3)c3ccccc3)ccc2N=C2N(c3ccccc3)c3ccccc3N21. The topological polar surface area (TPSA) is 22.1 Å². The number of aliphatic imine (C=N–C) groups is 1. The molecule has 0 fully saturated rings. The molecule has 0 bridgehead atoms. The molecule has 5 aromatic carbocycles. The van der Waals surface area contributed by atoms with Gasteiger partial charge in [-0.25, -0.2) is 4.99 Å². The molecule has 0 radical (unpaired) electrons. The summed E-state index contributed by atoms with van der Waals surface area (Å²) in [7, 11) is 0. The minimum atomic E-state index is -0.332. The van der Waals surface area contributed by atoms with Gasteiger partial charge in [0.05, 0.1) is 22.6 Å². The molecule has 7 rings (SSSR count). The molecule has 4 heteroatoms. The van der Waals surface area contributed by atoms with E-state index in [0.29, 0.717) is 11.8 Å². The Morgan fingerprint density at radius 1 is 0.571 bits per heavy atom. The fourth-order valence-corrected chi connectivity index (χ4v) is 7.17. The Morgan fingerprint density at radius 2 is 1.10 bits per heavy atom. The maximum Gasteiger partial charge on any atom is 0.216 e. The number of guanidine groups is 1. The number of anilines is 6. The van der Waals surface area contributed by atoms with Crippen LogP contribution in [0.5, 0.6) is 0 Å². The molecule has 0 spiro atoms. The Morgan fingerprint density at radius 3 is 1.67 bits per heavy atom. The zero-order chi connectivity index (χ0) is 28.8. The van der Waals surface area contributed by atoms with E-state index in [1.807, 2.05) is 0 Å². The van der Waals surface area contributed by atoms with E-state index >= 15 is 0 Å². The standard InChI is InChI=1S/C38H36N4/c1-27(2)38(28(3)4)33-26-32(40(29-16-8-5-9-17-29)30-18-10-6-11-19-30)24-25-34(33)39-37-41(31-20-12-7-13-21-31)35-22-14-15-23-36(35)42(37)38/h5-28H,1-4H3. The molecule has 208 valence electrons. The van der Waals surface area contributed by atoms with Crippen molar-refractivity contribution in [2.45, 2.75) is 33.2 Å². The lowest BCUT2D eigenvalue weighted by Crippen LogP contribution is -2.58. The van der Waals surface area contributed by atoms with Gasteiger partial charge in [0.15, 0.2) is 0 Å². The van der Waals surface area contributed by atoms with Crippen LogP contribution >= 0.6 is 0 Å². The fourth-order valence-electron chi connectivity index (χ4n) is 7.17. The first-order valence-corrected chi connectivity index (χ1v) is 14.9. The third kappa shape index (κ3) is 3.86. The number of benzene rings is 5. The first kappa shape index (κ1) is 26.1. The third-order valence-electron chi connectivity index (χ3n) is 8.83. The second kappa shape index (κ2) is 10.2. The van der Waals surface area contributed by atoms with E-state index in [1.54, 1.807) is 0 Å². The molecule has 0 saturated carbocycles. The molecule has 4 nitrogen and oxygen atoms in total. The van der Waals surface area contributed by atoms with E-state index in [9.17, 15) is 0 Å². The van der Waals surface area contributed by atoms with Crippen LogP contribution in [0, 0.1) is 11.8 Å². The van der Waals surface area contributed by atoms with Crippen LogP contribution in [0.25, 0.3) is 0 Å². The van der Waals surface area contributed by atoms with Gasteiger partial charge in [-0.1, -0.05) is 94.4 Å². The van der Waals surface area contributed by atoms with E-state index in [4.69, 9.17) is 4.99 Å². The lowest BCUT2D eigenvalue weighted by molar-refractivity contribution is 0.228. The molecule has 2 aliphatic rings. The Kier molecular flexibility index (Phi) is 6.35.